The summed E-state index contributed by atoms with van der Waals surface area (Å²) in [5.74, 6) is 0.133. The number of thiazole rings is 1. The highest BCUT2D eigenvalue weighted by Crippen LogP contribution is 2.29. The van der Waals surface area contributed by atoms with E-state index in [2.05, 4.69) is 37.7 Å². The molecule has 1 amide bonds. The quantitative estimate of drug-likeness (QED) is 0.895. The number of rotatable bonds is 5. The van der Waals surface area contributed by atoms with Crippen LogP contribution in [-0.2, 0) is 5.41 Å². The van der Waals surface area contributed by atoms with Crippen molar-refractivity contribution in [2.45, 2.75) is 51.5 Å². The van der Waals surface area contributed by atoms with E-state index < -0.39 is 0 Å². The zero-order chi connectivity index (χ0) is 17.0. The Morgan fingerprint density at radius 2 is 2.09 bits per heavy atom. The molecule has 130 valence electrons. The minimum atomic E-state index is -0.103. The van der Waals surface area contributed by atoms with E-state index in [9.17, 15) is 4.79 Å². The lowest BCUT2D eigenvalue weighted by Gasteiger charge is -2.36. The smallest absolute Gasteiger partial charge is 0.265 e. The largest absolute Gasteiger partial charge is 0.396 e. The zero-order valence-corrected chi connectivity index (χ0v) is 15.5. The van der Waals surface area contributed by atoms with Crippen LogP contribution < -0.4 is 0 Å². The van der Waals surface area contributed by atoms with Crippen molar-refractivity contribution in [1.29, 1.82) is 0 Å². The van der Waals surface area contributed by atoms with Crippen molar-refractivity contribution >= 4 is 17.2 Å². The molecule has 1 N–H and O–H groups in total. The number of hydrogen-bond donors (Lipinski definition) is 1. The first kappa shape index (κ1) is 18.4. The molecule has 6 heteroatoms. The molecule has 5 nitrogen and oxygen atoms in total. The van der Waals surface area contributed by atoms with E-state index >= 15 is 0 Å². The Balaban J connectivity index is 1.95. The van der Waals surface area contributed by atoms with Gasteiger partial charge in [-0.3, -0.25) is 4.79 Å². The van der Waals surface area contributed by atoms with Crippen molar-refractivity contribution in [1.82, 2.24) is 14.8 Å². The standard InChI is InChI=1S/C17H29N3O2S/c1-17(2,3)15-14(23-12-18-15)16(22)20-9-6-13(7-10-20)19(4)8-5-11-21/h12-13,21H,5-11H2,1-4H3. The molecule has 1 aromatic rings. The van der Waals surface area contributed by atoms with Gasteiger partial charge in [-0.2, -0.15) is 0 Å². The average Bonchev–Trinajstić information content (AvgIpc) is 3.02. The normalized spacial score (nSPS) is 17.0. The molecule has 0 bridgehead atoms. The lowest BCUT2D eigenvalue weighted by atomic mass is 9.91. The second kappa shape index (κ2) is 7.73. The van der Waals surface area contributed by atoms with Crippen LogP contribution in [-0.4, -0.2) is 65.1 Å². The van der Waals surface area contributed by atoms with Crippen LogP contribution in [0.3, 0.4) is 0 Å². The SMILES string of the molecule is CN(CCCO)C1CCN(C(=O)c2scnc2C(C)(C)C)CC1. The van der Waals surface area contributed by atoms with Gasteiger partial charge in [-0.05, 0) is 26.3 Å². The second-order valence-electron chi connectivity index (χ2n) is 7.36. The van der Waals surface area contributed by atoms with Crippen molar-refractivity contribution in [3.05, 3.63) is 16.1 Å². The van der Waals surface area contributed by atoms with E-state index in [1.54, 1.807) is 5.51 Å². The molecule has 23 heavy (non-hydrogen) atoms. The number of hydrogen-bond acceptors (Lipinski definition) is 5. The van der Waals surface area contributed by atoms with Crippen molar-refractivity contribution in [3.63, 3.8) is 0 Å². The van der Waals surface area contributed by atoms with Crippen molar-refractivity contribution < 1.29 is 9.90 Å². The summed E-state index contributed by atoms with van der Waals surface area (Å²) >= 11 is 1.46. The zero-order valence-electron chi connectivity index (χ0n) is 14.7. The van der Waals surface area contributed by atoms with Gasteiger partial charge in [0.25, 0.3) is 5.91 Å². The fourth-order valence-electron chi connectivity index (χ4n) is 3.09. The molecule has 0 aliphatic carbocycles. The van der Waals surface area contributed by atoms with Crippen LogP contribution in [0.15, 0.2) is 5.51 Å². The Morgan fingerprint density at radius 3 is 2.65 bits per heavy atom. The van der Waals surface area contributed by atoms with Gasteiger partial charge in [-0.1, -0.05) is 20.8 Å². The fourth-order valence-corrected chi connectivity index (χ4v) is 4.05. The number of amides is 1. The Bertz CT molecular complexity index is 516. The maximum absolute atomic E-state index is 12.8. The van der Waals surface area contributed by atoms with Gasteiger partial charge >= 0.3 is 0 Å². The molecule has 2 rings (SSSR count). The number of aliphatic hydroxyl groups excluding tert-OH is 1. The van der Waals surface area contributed by atoms with E-state index in [0.29, 0.717) is 6.04 Å². The fraction of sp³-hybridized carbons (Fsp3) is 0.765. The number of likely N-dealkylation sites (tertiary alicyclic amines) is 1. The van der Waals surface area contributed by atoms with Crippen LogP contribution in [0.2, 0.25) is 0 Å². The number of carbonyl (C=O) groups excluding carboxylic acids is 1. The lowest BCUT2D eigenvalue weighted by molar-refractivity contribution is 0.0643. The highest BCUT2D eigenvalue weighted by molar-refractivity contribution is 7.11. The van der Waals surface area contributed by atoms with Gasteiger partial charge in [0.05, 0.1) is 11.2 Å². The number of piperidine rings is 1. The summed E-state index contributed by atoms with van der Waals surface area (Å²) in [6.45, 7) is 9.05. The van der Waals surface area contributed by atoms with Crippen LogP contribution in [0, 0.1) is 0 Å². The maximum atomic E-state index is 12.8. The number of nitrogens with zero attached hydrogens (tertiary/aromatic N) is 3. The van der Waals surface area contributed by atoms with Crippen LogP contribution in [0.5, 0.6) is 0 Å². The van der Waals surface area contributed by atoms with Gasteiger partial charge in [-0.25, -0.2) is 4.98 Å². The summed E-state index contributed by atoms with van der Waals surface area (Å²) in [6.07, 6.45) is 2.81. The van der Waals surface area contributed by atoms with Crippen LogP contribution in [0.25, 0.3) is 0 Å². The Hall–Kier alpha value is -0.980. The molecule has 1 aliphatic rings. The number of aliphatic hydroxyl groups is 1. The minimum absolute atomic E-state index is 0.103. The van der Waals surface area contributed by atoms with Crippen molar-refractivity contribution in [2.75, 3.05) is 33.3 Å². The van der Waals surface area contributed by atoms with E-state index in [1.165, 1.54) is 11.3 Å². The predicted molar refractivity (Wildman–Crippen MR) is 94.1 cm³/mol. The van der Waals surface area contributed by atoms with Gasteiger partial charge in [0.15, 0.2) is 0 Å². The van der Waals surface area contributed by atoms with E-state index in [1.807, 2.05) is 4.90 Å². The summed E-state index contributed by atoms with van der Waals surface area (Å²) in [5, 5.41) is 8.94. The molecule has 0 spiro atoms. The summed E-state index contributed by atoms with van der Waals surface area (Å²) in [7, 11) is 2.11. The molecular weight excluding hydrogens is 310 g/mol. The first-order valence-electron chi connectivity index (χ1n) is 8.39. The molecule has 1 fully saturated rings. The molecule has 0 aromatic carbocycles. The van der Waals surface area contributed by atoms with Gasteiger partial charge in [0, 0.05) is 37.7 Å². The minimum Gasteiger partial charge on any atom is -0.396 e. The molecule has 2 heterocycles. The van der Waals surface area contributed by atoms with Gasteiger partial charge < -0.3 is 14.9 Å². The lowest BCUT2D eigenvalue weighted by Crippen LogP contribution is -2.46. The average molecular weight is 340 g/mol. The van der Waals surface area contributed by atoms with Crippen LogP contribution in [0.1, 0.15) is 55.4 Å². The molecule has 0 radical (unpaired) electrons. The Morgan fingerprint density at radius 1 is 1.43 bits per heavy atom. The molecule has 0 saturated carbocycles. The molecule has 1 aliphatic heterocycles. The molecule has 0 unspecified atom stereocenters. The van der Waals surface area contributed by atoms with Gasteiger partial charge in [0.2, 0.25) is 0 Å². The first-order valence-corrected chi connectivity index (χ1v) is 9.27. The first-order chi connectivity index (χ1) is 10.8. The summed E-state index contributed by atoms with van der Waals surface area (Å²) in [6, 6.07) is 0.508. The van der Waals surface area contributed by atoms with E-state index in [0.717, 1.165) is 49.5 Å². The van der Waals surface area contributed by atoms with E-state index in [4.69, 9.17) is 5.11 Å². The molecule has 0 atom stereocenters. The van der Waals surface area contributed by atoms with Crippen LogP contribution >= 0.6 is 11.3 Å². The number of carbonyl (C=O) groups is 1. The monoisotopic (exact) mass is 339 g/mol. The third-order valence-electron chi connectivity index (χ3n) is 4.52. The summed E-state index contributed by atoms with van der Waals surface area (Å²) in [5.41, 5.74) is 2.59. The third-order valence-corrected chi connectivity index (χ3v) is 5.33. The third kappa shape index (κ3) is 4.52. The topological polar surface area (TPSA) is 56.7 Å². The van der Waals surface area contributed by atoms with Gasteiger partial charge in [0.1, 0.15) is 4.88 Å². The maximum Gasteiger partial charge on any atom is 0.265 e. The summed E-state index contributed by atoms with van der Waals surface area (Å²) in [4.78, 5) is 22.3. The highest BCUT2D eigenvalue weighted by atomic mass is 32.1. The van der Waals surface area contributed by atoms with Crippen LogP contribution in [0.4, 0.5) is 0 Å². The Labute approximate surface area is 143 Å². The molecule has 1 saturated heterocycles. The second-order valence-corrected chi connectivity index (χ2v) is 8.22. The van der Waals surface area contributed by atoms with Crippen molar-refractivity contribution in [2.24, 2.45) is 0 Å². The highest BCUT2D eigenvalue weighted by Gasteiger charge is 2.30. The number of aromatic nitrogens is 1. The Kier molecular flexibility index (Phi) is 6.17. The molecule has 1 aromatic heterocycles. The predicted octanol–water partition coefficient (Wildman–Crippen LogP) is 2.36. The van der Waals surface area contributed by atoms with E-state index in [-0.39, 0.29) is 17.9 Å². The van der Waals surface area contributed by atoms with Crippen molar-refractivity contribution in [3.8, 4) is 0 Å². The van der Waals surface area contributed by atoms with Gasteiger partial charge in [-0.15, -0.1) is 11.3 Å². The summed E-state index contributed by atoms with van der Waals surface area (Å²) < 4.78 is 0. The molecular formula is C17H29N3O2S.